The summed E-state index contributed by atoms with van der Waals surface area (Å²) in [5, 5.41) is 2.93. The van der Waals surface area contributed by atoms with Crippen LogP contribution in [0.2, 0.25) is 0 Å². The van der Waals surface area contributed by atoms with Crippen LogP contribution in [-0.4, -0.2) is 24.5 Å². The molecule has 1 heterocycles. The lowest BCUT2D eigenvalue weighted by Crippen LogP contribution is -2.55. The molecule has 0 aliphatic carbocycles. The molecule has 1 rings (SSSR count). The SMILES string of the molecule is CC1C(C(=O)C(C)(C)C)NCCC1C(F)(F)F. The number of carbonyl (C=O) groups excluding carboxylic acids is 1. The van der Waals surface area contributed by atoms with Crippen molar-refractivity contribution in [3.8, 4) is 0 Å². The first-order chi connectivity index (χ1) is 7.55. The highest BCUT2D eigenvalue weighted by Crippen LogP contribution is 2.39. The molecule has 0 aromatic heterocycles. The van der Waals surface area contributed by atoms with Crippen LogP contribution in [-0.2, 0) is 4.79 Å². The molecule has 0 radical (unpaired) electrons. The third kappa shape index (κ3) is 3.21. The second-order valence-corrected chi connectivity index (χ2v) is 5.84. The molecule has 100 valence electrons. The Bertz CT molecular complexity index is 293. The Balaban J connectivity index is 2.86. The first-order valence-electron chi connectivity index (χ1n) is 5.89. The Labute approximate surface area is 100.0 Å². The lowest BCUT2D eigenvalue weighted by atomic mass is 9.74. The van der Waals surface area contributed by atoms with Crippen LogP contribution in [0.5, 0.6) is 0 Å². The van der Waals surface area contributed by atoms with Gasteiger partial charge in [0, 0.05) is 5.41 Å². The van der Waals surface area contributed by atoms with E-state index >= 15 is 0 Å². The maximum Gasteiger partial charge on any atom is 0.392 e. The summed E-state index contributed by atoms with van der Waals surface area (Å²) in [5.41, 5.74) is -0.612. The minimum absolute atomic E-state index is 0.0542. The molecular formula is C12H20F3NO. The molecule has 2 nitrogen and oxygen atoms in total. The number of Topliss-reactive ketones (excluding diaryl/α,β-unsaturated/α-hetero) is 1. The number of carbonyl (C=O) groups is 1. The molecule has 1 fully saturated rings. The number of nitrogens with one attached hydrogen (secondary N) is 1. The number of hydrogen-bond acceptors (Lipinski definition) is 2. The van der Waals surface area contributed by atoms with E-state index in [2.05, 4.69) is 5.32 Å². The summed E-state index contributed by atoms with van der Waals surface area (Å²) >= 11 is 0. The van der Waals surface area contributed by atoms with Gasteiger partial charge >= 0.3 is 6.18 Å². The van der Waals surface area contributed by atoms with Gasteiger partial charge in [0.25, 0.3) is 0 Å². The van der Waals surface area contributed by atoms with Gasteiger partial charge in [-0.15, -0.1) is 0 Å². The predicted octanol–water partition coefficient (Wildman–Crippen LogP) is 2.78. The van der Waals surface area contributed by atoms with Crippen molar-refractivity contribution in [2.45, 2.75) is 46.3 Å². The van der Waals surface area contributed by atoms with Crippen LogP contribution in [0.3, 0.4) is 0 Å². The van der Waals surface area contributed by atoms with Gasteiger partial charge in [0.2, 0.25) is 0 Å². The van der Waals surface area contributed by atoms with Crippen LogP contribution in [0.15, 0.2) is 0 Å². The molecule has 1 saturated heterocycles. The van der Waals surface area contributed by atoms with Crippen molar-refractivity contribution in [3.05, 3.63) is 0 Å². The number of ketones is 1. The predicted molar refractivity (Wildman–Crippen MR) is 59.6 cm³/mol. The van der Waals surface area contributed by atoms with Crippen molar-refractivity contribution in [2.75, 3.05) is 6.54 Å². The van der Waals surface area contributed by atoms with Crippen molar-refractivity contribution in [3.63, 3.8) is 0 Å². The molecule has 1 aliphatic rings. The zero-order chi connectivity index (χ0) is 13.4. The molecular weight excluding hydrogens is 231 g/mol. The number of hydrogen-bond donors (Lipinski definition) is 1. The summed E-state index contributed by atoms with van der Waals surface area (Å²) < 4.78 is 38.4. The van der Waals surface area contributed by atoms with Crippen LogP contribution in [0.25, 0.3) is 0 Å². The first-order valence-corrected chi connectivity index (χ1v) is 5.89. The van der Waals surface area contributed by atoms with E-state index in [0.717, 1.165) is 0 Å². The van der Waals surface area contributed by atoms with E-state index in [1.807, 2.05) is 0 Å². The summed E-state index contributed by atoms with van der Waals surface area (Å²) in [6.45, 7) is 6.97. The van der Waals surface area contributed by atoms with Crippen LogP contribution in [0.4, 0.5) is 13.2 Å². The molecule has 17 heavy (non-hydrogen) atoms. The van der Waals surface area contributed by atoms with Crippen LogP contribution in [0, 0.1) is 17.3 Å². The van der Waals surface area contributed by atoms with Crippen molar-refractivity contribution in [1.29, 1.82) is 0 Å². The lowest BCUT2D eigenvalue weighted by Gasteiger charge is -2.39. The van der Waals surface area contributed by atoms with E-state index in [0.29, 0.717) is 0 Å². The second-order valence-electron chi connectivity index (χ2n) is 5.84. The molecule has 0 spiro atoms. The number of rotatable bonds is 1. The Hall–Kier alpha value is -0.580. The van der Waals surface area contributed by atoms with E-state index in [-0.39, 0.29) is 18.7 Å². The highest BCUT2D eigenvalue weighted by Gasteiger charge is 2.49. The summed E-state index contributed by atoms with van der Waals surface area (Å²) in [4.78, 5) is 12.1. The van der Waals surface area contributed by atoms with Gasteiger partial charge in [-0.3, -0.25) is 4.79 Å². The monoisotopic (exact) mass is 251 g/mol. The minimum atomic E-state index is -4.21. The second kappa shape index (κ2) is 4.59. The van der Waals surface area contributed by atoms with E-state index < -0.39 is 29.5 Å². The van der Waals surface area contributed by atoms with Crippen LogP contribution < -0.4 is 5.32 Å². The van der Waals surface area contributed by atoms with Gasteiger partial charge in [0.15, 0.2) is 5.78 Å². The van der Waals surface area contributed by atoms with E-state index in [9.17, 15) is 18.0 Å². The molecule has 0 aromatic carbocycles. The molecule has 1 aliphatic heterocycles. The molecule has 1 N–H and O–H groups in total. The van der Waals surface area contributed by atoms with Crippen molar-refractivity contribution < 1.29 is 18.0 Å². The average molecular weight is 251 g/mol. The Morgan fingerprint density at radius 3 is 2.18 bits per heavy atom. The number of alkyl halides is 3. The fraction of sp³-hybridized carbons (Fsp3) is 0.917. The summed E-state index contributed by atoms with van der Waals surface area (Å²) in [7, 11) is 0. The molecule has 5 heteroatoms. The third-order valence-electron chi connectivity index (χ3n) is 3.42. The normalized spacial score (nSPS) is 31.4. The van der Waals surface area contributed by atoms with E-state index in [1.165, 1.54) is 6.92 Å². The van der Waals surface area contributed by atoms with Gasteiger partial charge in [-0.25, -0.2) is 0 Å². The molecule has 0 amide bonds. The topological polar surface area (TPSA) is 29.1 Å². The fourth-order valence-electron chi connectivity index (χ4n) is 2.34. The highest BCUT2D eigenvalue weighted by atomic mass is 19.4. The molecule has 3 unspecified atom stereocenters. The quantitative estimate of drug-likeness (QED) is 0.776. The molecule has 0 aromatic rings. The van der Waals surface area contributed by atoms with Crippen LogP contribution >= 0.6 is 0 Å². The first kappa shape index (κ1) is 14.5. The Kier molecular flexibility index (Phi) is 3.91. The maximum absolute atomic E-state index is 12.8. The lowest BCUT2D eigenvalue weighted by molar-refractivity contribution is -0.197. The van der Waals surface area contributed by atoms with Gasteiger partial charge in [0.1, 0.15) is 0 Å². The van der Waals surface area contributed by atoms with Gasteiger partial charge in [-0.1, -0.05) is 27.7 Å². The highest BCUT2D eigenvalue weighted by molar-refractivity contribution is 5.89. The third-order valence-corrected chi connectivity index (χ3v) is 3.42. The van der Waals surface area contributed by atoms with Gasteiger partial charge in [-0.05, 0) is 18.9 Å². The summed E-state index contributed by atoms with van der Waals surface area (Å²) in [6.07, 6.45) is -4.16. The van der Waals surface area contributed by atoms with E-state index in [1.54, 1.807) is 20.8 Å². The molecule has 3 atom stereocenters. The maximum atomic E-state index is 12.8. The zero-order valence-electron chi connectivity index (χ0n) is 10.7. The average Bonchev–Trinajstić information content (AvgIpc) is 2.13. The summed E-state index contributed by atoms with van der Waals surface area (Å²) in [5.74, 6) is -2.21. The number of halogens is 3. The Morgan fingerprint density at radius 1 is 1.24 bits per heavy atom. The molecule has 0 saturated carbocycles. The van der Waals surface area contributed by atoms with Crippen molar-refractivity contribution in [1.82, 2.24) is 5.32 Å². The Morgan fingerprint density at radius 2 is 1.76 bits per heavy atom. The van der Waals surface area contributed by atoms with Gasteiger partial charge < -0.3 is 5.32 Å². The van der Waals surface area contributed by atoms with Gasteiger partial charge in [0.05, 0.1) is 12.0 Å². The zero-order valence-corrected chi connectivity index (χ0v) is 10.7. The molecule has 0 bridgehead atoms. The van der Waals surface area contributed by atoms with Gasteiger partial charge in [-0.2, -0.15) is 13.2 Å². The summed E-state index contributed by atoms with van der Waals surface area (Å²) in [6, 6.07) is -0.685. The fourth-order valence-corrected chi connectivity index (χ4v) is 2.34. The largest absolute Gasteiger partial charge is 0.392 e. The smallest absolute Gasteiger partial charge is 0.307 e. The van der Waals surface area contributed by atoms with Crippen LogP contribution in [0.1, 0.15) is 34.1 Å². The van der Waals surface area contributed by atoms with Crippen molar-refractivity contribution >= 4 is 5.78 Å². The van der Waals surface area contributed by atoms with E-state index in [4.69, 9.17) is 0 Å². The standard InChI is InChI=1S/C12H20F3NO/c1-7-8(12(13,14)15)5-6-16-9(7)10(17)11(2,3)4/h7-9,16H,5-6H2,1-4H3. The number of piperidine rings is 1. The minimum Gasteiger partial charge on any atom is -0.307 e. The van der Waals surface area contributed by atoms with Crippen molar-refractivity contribution in [2.24, 2.45) is 17.3 Å².